The molecule has 1 aliphatic heterocycles. The molecule has 21 heavy (non-hydrogen) atoms. The molecule has 106 valence electrons. The number of hydrogen-bond donors (Lipinski definition) is 0. The molecule has 2 aromatic rings. The summed E-state index contributed by atoms with van der Waals surface area (Å²) in [7, 11) is 0. The zero-order valence-electron chi connectivity index (χ0n) is 11.1. The van der Waals surface area contributed by atoms with Crippen LogP contribution in [0, 0.1) is 5.82 Å². The first-order chi connectivity index (χ1) is 10.2. The topological polar surface area (TPSA) is 37.4 Å². The number of rotatable bonds is 3. The van der Waals surface area contributed by atoms with E-state index in [2.05, 4.69) is 0 Å². The molecule has 0 radical (unpaired) electrons. The summed E-state index contributed by atoms with van der Waals surface area (Å²) in [5, 5.41) is 0. The molecular weight excluding hydrogens is 289 g/mol. The second-order valence-electron chi connectivity index (χ2n) is 4.70. The van der Waals surface area contributed by atoms with Crippen LogP contribution in [0.15, 0.2) is 47.4 Å². The lowest BCUT2D eigenvalue weighted by Gasteiger charge is -2.29. The molecule has 1 amide bonds. The number of nitrogens with zero attached hydrogens (tertiary/aromatic N) is 1. The van der Waals surface area contributed by atoms with Crippen molar-refractivity contribution in [3.05, 3.63) is 59.4 Å². The van der Waals surface area contributed by atoms with Gasteiger partial charge in [-0.3, -0.25) is 9.59 Å². The molecule has 0 atom stereocenters. The maximum Gasteiger partial charge on any atom is 0.237 e. The maximum atomic E-state index is 13.8. The molecule has 0 saturated heterocycles. The monoisotopic (exact) mass is 301 g/mol. The quantitative estimate of drug-likeness (QED) is 0.817. The van der Waals surface area contributed by atoms with Crippen molar-refractivity contribution in [1.29, 1.82) is 0 Å². The predicted octanol–water partition coefficient (Wildman–Crippen LogP) is 3.28. The molecule has 5 heteroatoms. The van der Waals surface area contributed by atoms with Gasteiger partial charge in [-0.2, -0.15) is 0 Å². The van der Waals surface area contributed by atoms with Crippen molar-refractivity contribution in [1.82, 2.24) is 0 Å². The van der Waals surface area contributed by atoms with E-state index in [9.17, 15) is 14.0 Å². The van der Waals surface area contributed by atoms with E-state index >= 15 is 0 Å². The summed E-state index contributed by atoms with van der Waals surface area (Å²) in [4.78, 5) is 25.6. The van der Waals surface area contributed by atoms with Crippen molar-refractivity contribution in [2.45, 2.75) is 11.4 Å². The SMILES string of the molecule is O=Cc1ccc2c(c1)N(Cc1ccccc1F)C(=O)CS2. The van der Waals surface area contributed by atoms with E-state index in [-0.39, 0.29) is 18.3 Å². The highest BCUT2D eigenvalue weighted by atomic mass is 32.2. The number of benzene rings is 2. The molecule has 0 aliphatic carbocycles. The Bertz CT molecular complexity index is 717. The van der Waals surface area contributed by atoms with Crippen LogP contribution in [0.4, 0.5) is 10.1 Å². The van der Waals surface area contributed by atoms with Gasteiger partial charge in [0.15, 0.2) is 0 Å². The molecule has 0 spiro atoms. The van der Waals surface area contributed by atoms with Crippen molar-refractivity contribution in [2.75, 3.05) is 10.7 Å². The standard InChI is InChI=1S/C16H12FNO2S/c17-13-4-2-1-3-12(13)8-18-14-7-11(9-19)5-6-15(14)21-10-16(18)20/h1-7,9H,8,10H2. The summed E-state index contributed by atoms with van der Waals surface area (Å²) in [6, 6.07) is 11.6. The summed E-state index contributed by atoms with van der Waals surface area (Å²) in [6.45, 7) is 0.168. The molecule has 3 nitrogen and oxygen atoms in total. The smallest absolute Gasteiger partial charge is 0.237 e. The summed E-state index contributed by atoms with van der Waals surface area (Å²) in [6.07, 6.45) is 0.741. The number of amides is 1. The minimum Gasteiger partial charge on any atom is -0.306 e. The maximum absolute atomic E-state index is 13.8. The van der Waals surface area contributed by atoms with Crippen LogP contribution < -0.4 is 4.90 Å². The van der Waals surface area contributed by atoms with Crippen molar-refractivity contribution in [3.8, 4) is 0 Å². The Morgan fingerprint density at radius 3 is 2.81 bits per heavy atom. The highest BCUT2D eigenvalue weighted by Crippen LogP contribution is 2.36. The van der Waals surface area contributed by atoms with Crippen molar-refractivity contribution in [2.24, 2.45) is 0 Å². The molecular formula is C16H12FNO2S. The second-order valence-corrected chi connectivity index (χ2v) is 5.72. The Balaban J connectivity index is 2.01. The number of fused-ring (bicyclic) bond motifs is 1. The van der Waals surface area contributed by atoms with Gasteiger partial charge in [0.05, 0.1) is 18.0 Å². The van der Waals surface area contributed by atoms with E-state index < -0.39 is 0 Å². The number of anilines is 1. The van der Waals surface area contributed by atoms with Crippen LogP contribution in [-0.4, -0.2) is 17.9 Å². The minimum absolute atomic E-state index is 0.0844. The number of aldehydes is 1. The van der Waals surface area contributed by atoms with Crippen LogP contribution in [0.25, 0.3) is 0 Å². The first-order valence-electron chi connectivity index (χ1n) is 6.45. The number of carbonyl (C=O) groups excluding carboxylic acids is 2. The number of hydrogen-bond acceptors (Lipinski definition) is 3. The molecule has 1 heterocycles. The van der Waals surface area contributed by atoms with Gasteiger partial charge in [-0.25, -0.2) is 4.39 Å². The number of carbonyl (C=O) groups is 2. The van der Waals surface area contributed by atoms with E-state index in [0.29, 0.717) is 22.6 Å². The zero-order chi connectivity index (χ0) is 14.8. The molecule has 3 rings (SSSR count). The largest absolute Gasteiger partial charge is 0.306 e. The van der Waals surface area contributed by atoms with Crippen LogP contribution >= 0.6 is 11.8 Å². The Morgan fingerprint density at radius 2 is 2.05 bits per heavy atom. The normalized spacial score (nSPS) is 14.0. The van der Waals surface area contributed by atoms with Gasteiger partial charge in [-0.1, -0.05) is 24.3 Å². The Kier molecular flexibility index (Phi) is 3.75. The third kappa shape index (κ3) is 2.69. The zero-order valence-corrected chi connectivity index (χ0v) is 11.9. The summed E-state index contributed by atoms with van der Waals surface area (Å²) < 4.78 is 13.8. The predicted molar refractivity (Wildman–Crippen MR) is 80.1 cm³/mol. The third-order valence-corrected chi connectivity index (χ3v) is 4.40. The molecule has 0 fully saturated rings. The van der Waals surface area contributed by atoms with Gasteiger partial charge in [0.25, 0.3) is 0 Å². The lowest BCUT2D eigenvalue weighted by molar-refractivity contribution is -0.116. The molecule has 1 aliphatic rings. The van der Waals surface area contributed by atoms with Crippen LogP contribution in [0.3, 0.4) is 0 Å². The molecule has 0 aromatic heterocycles. The first-order valence-corrected chi connectivity index (χ1v) is 7.43. The van der Waals surface area contributed by atoms with Crippen molar-refractivity contribution >= 4 is 29.6 Å². The lowest BCUT2D eigenvalue weighted by atomic mass is 10.1. The van der Waals surface area contributed by atoms with E-state index in [1.165, 1.54) is 22.7 Å². The molecule has 0 saturated carbocycles. The third-order valence-electron chi connectivity index (χ3n) is 3.35. The van der Waals surface area contributed by atoms with Gasteiger partial charge < -0.3 is 4.90 Å². The van der Waals surface area contributed by atoms with Gasteiger partial charge in [-0.15, -0.1) is 11.8 Å². The summed E-state index contributed by atoms with van der Waals surface area (Å²) in [5.41, 5.74) is 1.63. The van der Waals surface area contributed by atoms with Crippen LogP contribution in [-0.2, 0) is 11.3 Å². The summed E-state index contributed by atoms with van der Waals surface area (Å²) >= 11 is 1.43. The molecule has 2 aromatic carbocycles. The highest BCUT2D eigenvalue weighted by molar-refractivity contribution is 8.00. The first kappa shape index (κ1) is 13.8. The van der Waals surface area contributed by atoms with Crippen LogP contribution in [0.2, 0.25) is 0 Å². The second kappa shape index (κ2) is 5.69. The van der Waals surface area contributed by atoms with Crippen LogP contribution in [0.1, 0.15) is 15.9 Å². The van der Waals surface area contributed by atoms with Gasteiger partial charge in [-0.05, 0) is 18.2 Å². The minimum atomic E-state index is -0.336. The van der Waals surface area contributed by atoms with E-state index in [1.807, 2.05) is 6.07 Å². The molecule has 0 bridgehead atoms. The average molecular weight is 301 g/mol. The number of halogens is 1. The van der Waals surface area contributed by atoms with Crippen molar-refractivity contribution < 1.29 is 14.0 Å². The summed E-state index contributed by atoms with van der Waals surface area (Å²) in [5.74, 6) is -0.0996. The van der Waals surface area contributed by atoms with Gasteiger partial charge in [0.1, 0.15) is 12.1 Å². The van der Waals surface area contributed by atoms with E-state index in [1.54, 1.807) is 30.3 Å². The molecule has 0 unspecified atom stereocenters. The number of thioether (sulfide) groups is 1. The van der Waals surface area contributed by atoms with Gasteiger partial charge in [0, 0.05) is 16.0 Å². The Hall–Kier alpha value is -2.14. The molecule has 0 N–H and O–H groups in total. The average Bonchev–Trinajstić information content (AvgIpc) is 2.51. The van der Waals surface area contributed by atoms with Crippen molar-refractivity contribution in [3.63, 3.8) is 0 Å². The lowest BCUT2D eigenvalue weighted by Crippen LogP contribution is -2.35. The van der Waals surface area contributed by atoms with E-state index in [4.69, 9.17) is 0 Å². The van der Waals surface area contributed by atoms with Gasteiger partial charge >= 0.3 is 0 Å². The highest BCUT2D eigenvalue weighted by Gasteiger charge is 2.25. The fourth-order valence-corrected chi connectivity index (χ4v) is 3.18. The Labute approximate surface area is 125 Å². The van der Waals surface area contributed by atoms with Gasteiger partial charge in [0.2, 0.25) is 5.91 Å². The fraction of sp³-hybridized carbons (Fsp3) is 0.125. The fourth-order valence-electron chi connectivity index (χ4n) is 2.26. The van der Waals surface area contributed by atoms with E-state index in [0.717, 1.165) is 11.2 Å². The Morgan fingerprint density at radius 1 is 1.24 bits per heavy atom. The van der Waals surface area contributed by atoms with Crippen LogP contribution in [0.5, 0.6) is 0 Å².